The highest BCUT2D eigenvalue weighted by atomic mass is 16.6. The minimum Gasteiger partial charge on any atom is -0.462 e. The quantitative estimate of drug-likeness (QED) is 0.0960. The number of hydrogen-bond donors (Lipinski definition) is 0. The summed E-state index contributed by atoms with van der Waals surface area (Å²) < 4.78 is 45.9. The van der Waals surface area contributed by atoms with Gasteiger partial charge in [0.2, 0.25) is 0 Å². The molecule has 0 amide bonds. The third-order valence-corrected chi connectivity index (χ3v) is 7.41. The van der Waals surface area contributed by atoms with Gasteiger partial charge in [0.05, 0.1) is 5.41 Å². The highest BCUT2D eigenvalue weighted by molar-refractivity contribution is 5.96. The van der Waals surface area contributed by atoms with E-state index in [4.69, 9.17) is 42.6 Å². The normalized spacial score (nSPS) is 10.5. The van der Waals surface area contributed by atoms with E-state index in [-0.39, 0.29) is 40.4 Å². The van der Waals surface area contributed by atoms with E-state index in [1.54, 1.807) is 6.92 Å². The van der Waals surface area contributed by atoms with E-state index in [2.05, 4.69) is 0 Å². The van der Waals surface area contributed by atoms with Gasteiger partial charge in [-0.3, -0.25) is 14.4 Å². The maximum atomic E-state index is 12.7. The van der Waals surface area contributed by atoms with Crippen LogP contribution in [0.1, 0.15) is 65.2 Å². The van der Waals surface area contributed by atoms with Crippen LogP contribution in [0.3, 0.4) is 0 Å². The van der Waals surface area contributed by atoms with Crippen LogP contribution in [0.5, 0.6) is 17.2 Å². The fraction of sp³-hybridized carbons (Fsp3) is 0.308. The van der Waals surface area contributed by atoms with Gasteiger partial charge in [0.15, 0.2) is 19.8 Å². The van der Waals surface area contributed by atoms with Crippen molar-refractivity contribution in [2.24, 2.45) is 5.41 Å². The van der Waals surface area contributed by atoms with E-state index in [0.29, 0.717) is 0 Å². The second kappa shape index (κ2) is 21.7. The van der Waals surface area contributed by atoms with Crippen LogP contribution in [-0.2, 0) is 57.2 Å². The van der Waals surface area contributed by atoms with Gasteiger partial charge in [-0.25, -0.2) is 28.8 Å². The summed E-state index contributed by atoms with van der Waals surface area (Å²) in [4.78, 5) is 110. The van der Waals surface area contributed by atoms with E-state index in [0.717, 1.165) is 20.8 Å². The molecule has 18 nitrogen and oxygen atoms in total. The Morgan fingerprint density at radius 1 is 0.421 bits per heavy atom. The van der Waals surface area contributed by atoms with Crippen molar-refractivity contribution in [1.82, 2.24) is 0 Å². The number of ether oxygens (including phenoxy) is 9. The Balaban J connectivity index is 1.67. The van der Waals surface area contributed by atoms with Crippen molar-refractivity contribution in [2.75, 3.05) is 39.6 Å². The van der Waals surface area contributed by atoms with Gasteiger partial charge >= 0.3 is 53.7 Å². The number of benzene rings is 3. The van der Waals surface area contributed by atoms with Crippen LogP contribution in [0.2, 0.25) is 0 Å². The SMILES string of the molecule is CCC(COC(=O)COC(=O)c1ccccc1OC(C)=O)(COC(=O)COC(=O)c1ccccc1OC(C)=O)COC(=O)COC(=O)c1ccccc1OC(C)=O. The van der Waals surface area contributed by atoms with Gasteiger partial charge in [-0.2, -0.15) is 0 Å². The van der Waals surface area contributed by atoms with Gasteiger partial charge < -0.3 is 42.6 Å². The third kappa shape index (κ3) is 14.6. The Labute approximate surface area is 325 Å². The van der Waals surface area contributed by atoms with E-state index in [9.17, 15) is 43.2 Å². The number of esters is 9. The number of rotatable bonds is 19. The van der Waals surface area contributed by atoms with Crippen LogP contribution in [-0.4, -0.2) is 93.4 Å². The zero-order valence-electron chi connectivity index (χ0n) is 31.2. The Morgan fingerprint density at radius 2 is 0.684 bits per heavy atom. The van der Waals surface area contributed by atoms with E-state index >= 15 is 0 Å². The maximum Gasteiger partial charge on any atom is 0.344 e. The molecule has 0 N–H and O–H groups in total. The summed E-state index contributed by atoms with van der Waals surface area (Å²) in [6.07, 6.45) is 0.0293. The van der Waals surface area contributed by atoms with Crippen LogP contribution in [0, 0.1) is 5.41 Å². The Hall–Kier alpha value is -7.11. The van der Waals surface area contributed by atoms with Gasteiger partial charge in [-0.1, -0.05) is 43.3 Å². The molecule has 0 unspecified atom stereocenters. The predicted molar refractivity (Wildman–Crippen MR) is 190 cm³/mol. The molecule has 0 aliphatic heterocycles. The van der Waals surface area contributed by atoms with Crippen molar-refractivity contribution in [2.45, 2.75) is 34.1 Å². The summed E-state index contributed by atoms with van der Waals surface area (Å²) in [5, 5.41) is 0. The lowest BCUT2D eigenvalue weighted by atomic mass is 9.88. The van der Waals surface area contributed by atoms with Gasteiger partial charge in [0, 0.05) is 20.8 Å². The van der Waals surface area contributed by atoms with E-state index in [1.165, 1.54) is 72.8 Å². The third-order valence-electron chi connectivity index (χ3n) is 7.41. The van der Waals surface area contributed by atoms with Gasteiger partial charge in [-0.05, 0) is 42.8 Å². The molecule has 302 valence electrons. The first-order valence-electron chi connectivity index (χ1n) is 16.9. The standard InChI is InChI=1S/C39H38O18/c1-5-39(21-52-33(43)18-49-36(46)27-12-6-9-15-30(27)55-24(2)40,22-53-34(44)19-50-37(47)28-13-7-10-16-31(28)56-25(3)41)23-54-35(45)20-51-38(48)29-14-8-11-17-32(29)57-26(4)42/h6-17H,5,18-23H2,1-4H3. The molecule has 57 heavy (non-hydrogen) atoms. The van der Waals surface area contributed by atoms with Gasteiger partial charge in [-0.15, -0.1) is 0 Å². The second-order valence-electron chi connectivity index (χ2n) is 11.8. The summed E-state index contributed by atoms with van der Waals surface area (Å²) in [6.45, 7) is 0.557. The fourth-order valence-electron chi connectivity index (χ4n) is 4.50. The smallest absolute Gasteiger partial charge is 0.344 e. The van der Waals surface area contributed by atoms with Gasteiger partial charge in [0.1, 0.15) is 53.8 Å². The van der Waals surface area contributed by atoms with Crippen LogP contribution in [0.15, 0.2) is 72.8 Å². The lowest BCUT2D eigenvalue weighted by Crippen LogP contribution is -2.40. The molecule has 3 rings (SSSR count). The molecular formula is C39H38O18. The molecule has 3 aromatic carbocycles. The average Bonchev–Trinajstić information content (AvgIpc) is 3.18. The van der Waals surface area contributed by atoms with Crippen LogP contribution in [0.4, 0.5) is 0 Å². The minimum absolute atomic E-state index is 0.0293. The predicted octanol–water partition coefficient (Wildman–Crippen LogP) is 3.36. The first-order valence-corrected chi connectivity index (χ1v) is 16.9. The summed E-state index contributed by atoms with van der Waals surface area (Å²) in [5.41, 5.74) is -1.89. The molecule has 0 heterocycles. The maximum absolute atomic E-state index is 12.7. The topological polar surface area (TPSA) is 237 Å². The number of carbonyl (C=O) groups excluding carboxylic acids is 9. The van der Waals surface area contributed by atoms with Crippen molar-refractivity contribution < 1.29 is 85.8 Å². The molecule has 0 radical (unpaired) electrons. The first-order chi connectivity index (χ1) is 27.1. The molecule has 0 fully saturated rings. The molecule has 0 saturated carbocycles. The van der Waals surface area contributed by atoms with Crippen molar-refractivity contribution in [1.29, 1.82) is 0 Å². The average molecular weight is 795 g/mol. The minimum atomic E-state index is -1.45. The molecule has 0 bridgehead atoms. The van der Waals surface area contributed by atoms with Crippen LogP contribution < -0.4 is 14.2 Å². The molecular weight excluding hydrogens is 756 g/mol. The summed E-state index contributed by atoms with van der Waals surface area (Å²) in [7, 11) is 0. The van der Waals surface area contributed by atoms with Crippen molar-refractivity contribution in [3.05, 3.63) is 89.5 Å². The Morgan fingerprint density at radius 3 is 0.930 bits per heavy atom. The zero-order valence-corrected chi connectivity index (χ0v) is 31.2. The summed E-state index contributed by atoms with van der Waals surface area (Å²) in [6, 6.07) is 16.9. The number of para-hydroxylation sites is 3. The Kier molecular flexibility index (Phi) is 16.9. The van der Waals surface area contributed by atoms with Crippen molar-refractivity contribution in [3.63, 3.8) is 0 Å². The molecule has 0 aromatic heterocycles. The summed E-state index contributed by atoms with van der Waals surface area (Å²) >= 11 is 0. The zero-order chi connectivity index (χ0) is 42.0. The molecule has 0 atom stereocenters. The Bertz CT molecular complexity index is 1760. The highest BCUT2D eigenvalue weighted by Gasteiger charge is 2.35. The van der Waals surface area contributed by atoms with Gasteiger partial charge in [0.25, 0.3) is 0 Å². The molecule has 18 heteroatoms. The van der Waals surface area contributed by atoms with E-state index in [1.807, 2.05) is 0 Å². The molecule has 0 saturated heterocycles. The van der Waals surface area contributed by atoms with Crippen molar-refractivity contribution in [3.8, 4) is 17.2 Å². The molecule has 0 aliphatic rings. The largest absolute Gasteiger partial charge is 0.462 e. The lowest BCUT2D eigenvalue weighted by Gasteiger charge is -2.31. The fourth-order valence-corrected chi connectivity index (χ4v) is 4.50. The molecule has 0 spiro atoms. The van der Waals surface area contributed by atoms with Crippen molar-refractivity contribution >= 4 is 53.7 Å². The van der Waals surface area contributed by atoms with Crippen LogP contribution >= 0.6 is 0 Å². The first kappa shape index (κ1) is 44.3. The monoisotopic (exact) mass is 794 g/mol. The summed E-state index contributed by atoms with van der Waals surface area (Å²) in [5.74, 6) is -8.62. The number of hydrogen-bond acceptors (Lipinski definition) is 18. The lowest BCUT2D eigenvalue weighted by molar-refractivity contribution is -0.166. The number of carbonyl (C=O) groups is 9. The van der Waals surface area contributed by atoms with E-state index < -0.39 is 98.8 Å². The second-order valence-corrected chi connectivity index (χ2v) is 11.8. The molecule has 3 aromatic rings. The molecule has 0 aliphatic carbocycles. The highest BCUT2D eigenvalue weighted by Crippen LogP contribution is 2.26. The van der Waals surface area contributed by atoms with Crippen LogP contribution in [0.25, 0.3) is 0 Å².